The highest BCUT2D eigenvalue weighted by Gasteiger charge is 2.27. The standard InChI is InChI=1S/C22H23F2N2O2/c1-27-18-12-8-17(9-13-18)26-20(15-25-14-4-2-3-5-21(25)26)16-6-10-19(11-7-16)28-22(23)24/h6-13,15,22H,2-5,14H2,1H3/q+1. The Morgan fingerprint density at radius 2 is 1.64 bits per heavy atom. The van der Waals surface area contributed by atoms with Gasteiger partial charge in [0.15, 0.2) is 5.69 Å². The Morgan fingerprint density at radius 3 is 2.32 bits per heavy atom. The number of rotatable bonds is 5. The summed E-state index contributed by atoms with van der Waals surface area (Å²) in [5.41, 5.74) is 3.04. The van der Waals surface area contributed by atoms with Crippen molar-refractivity contribution >= 4 is 0 Å². The lowest BCUT2D eigenvalue weighted by atomic mass is 10.1. The first-order valence-electron chi connectivity index (χ1n) is 9.49. The van der Waals surface area contributed by atoms with Crippen molar-refractivity contribution in [3.05, 3.63) is 60.6 Å². The molecule has 1 aliphatic rings. The van der Waals surface area contributed by atoms with E-state index >= 15 is 0 Å². The predicted octanol–water partition coefficient (Wildman–Crippen LogP) is 4.77. The summed E-state index contributed by atoms with van der Waals surface area (Å²) in [5, 5.41) is 0. The van der Waals surface area contributed by atoms with E-state index in [2.05, 4.69) is 20.1 Å². The molecule has 0 spiro atoms. The van der Waals surface area contributed by atoms with Gasteiger partial charge < -0.3 is 9.47 Å². The third kappa shape index (κ3) is 3.72. The van der Waals surface area contributed by atoms with E-state index in [1.54, 1.807) is 19.2 Å². The molecule has 146 valence electrons. The molecule has 0 radical (unpaired) electrons. The first kappa shape index (κ1) is 18.5. The first-order valence-corrected chi connectivity index (χ1v) is 9.49. The molecule has 1 aliphatic heterocycles. The smallest absolute Gasteiger partial charge is 0.387 e. The fourth-order valence-electron chi connectivity index (χ4n) is 3.77. The van der Waals surface area contributed by atoms with Gasteiger partial charge in [-0.05, 0) is 67.8 Å². The van der Waals surface area contributed by atoms with Crippen LogP contribution in [-0.4, -0.2) is 18.3 Å². The van der Waals surface area contributed by atoms with Crippen molar-refractivity contribution in [1.29, 1.82) is 0 Å². The normalized spacial score (nSPS) is 13.9. The molecule has 2 aromatic carbocycles. The molecule has 0 unspecified atom stereocenters. The van der Waals surface area contributed by atoms with Crippen LogP contribution in [0.25, 0.3) is 16.9 Å². The second-order valence-electron chi connectivity index (χ2n) is 6.87. The van der Waals surface area contributed by atoms with Crippen LogP contribution in [0.3, 0.4) is 0 Å². The SMILES string of the molecule is COc1ccc(-n2c(-c3ccc(OC(F)F)cc3)c[n+]3c2CCCCC3)cc1. The molecule has 6 heteroatoms. The number of imidazole rings is 1. The van der Waals surface area contributed by atoms with Gasteiger partial charge in [0.1, 0.15) is 23.4 Å². The summed E-state index contributed by atoms with van der Waals surface area (Å²) in [4.78, 5) is 0. The predicted molar refractivity (Wildman–Crippen MR) is 102 cm³/mol. The van der Waals surface area contributed by atoms with Crippen LogP contribution in [0.1, 0.15) is 25.1 Å². The summed E-state index contributed by atoms with van der Waals surface area (Å²) in [6.45, 7) is -1.83. The van der Waals surface area contributed by atoms with Gasteiger partial charge in [-0.15, -0.1) is 0 Å². The van der Waals surface area contributed by atoms with Gasteiger partial charge in [0, 0.05) is 12.0 Å². The fourth-order valence-corrected chi connectivity index (χ4v) is 3.77. The molecular weight excluding hydrogens is 362 g/mol. The van der Waals surface area contributed by atoms with E-state index in [1.165, 1.54) is 12.2 Å². The second kappa shape index (κ2) is 8.00. The molecule has 1 aromatic heterocycles. The zero-order valence-electron chi connectivity index (χ0n) is 15.8. The van der Waals surface area contributed by atoms with Crippen LogP contribution in [0.2, 0.25) is 0 Å². The highest BCUT2D eigenvalue weighted by atomic mass is 19.3. The van der Waals surface area contributed by atoms with E-state index in [1.807, 2.05) is 36.4 Å². The van der Waals surface area contributed by atoms with E-state index in [0.29, 0.717) is 0 Å². The Labute approximate surface area is 163 Å². The molecule has 3 aromatic rings. The molecular formula is C22H23F2N2O2+. The van der Waals surface area contributed by atoms with Crippen molar-refractivity contribution in [1.82, 2.24) is 4.57 Å². The van der Waals surface area contributed by atoms with Gasteiger partial charge in [0.05, 0.1) is 13.7 Å². The van der Waals surface area contributed by atoms with E-state index in [4.69, 9.17) is 4.74 Å². The topological polar surface area (TPSA) is 27.3 Å². The van der Waals surface area contributed by atoms with Crippen molar-refractivity contribution in [2.45, 2.75) is 38.8 Å². The van der Waals surface area contributed by atoms with Gasteiger partial charge in [-0.25, -0.2) is 4.57 Å². The average molecular weight is 385 g/mol. The molecule has 4 nitrogen and oxygen atoms in total. The molecule has 28 heavy (non-hydrogen) atoms. The lowest BCUT2D eigenvalue weighted by molar-refractivity contribution is -0.702. The van der Waals surface area contributed by atoms with Gasteiger partial charge in [-0.1, -0.05) is 0 Å². The van der Waals surface area contributed by atoms with Crippen molar-refractivity contribution in [2.75, 3.05) is 7.11 Å². The zero-order chi connectivity index (χ0) is 19.5. The van der Waals surface area contributed by atoms with Crippen LogP contribution >= 0.6 is 0 Å². The number of hydrogen-bond donors (Lipinski definition) is 0. The summed E-state index contributed by atoms with van der Waals surface area (Å²) in [6.07, 6.45) is 6.69. The minimum absolute atomic E-state index is 0.163. The molecule has 0 amide bonds. The highest BCUT2D eigenvalue weighted by Crippen LogP contribution is 2.29. The summed E-state index contributed by atoms with van der Waals surface area (Å²) in [5.74, 6) is 2.23. The Kier molecular flexibility index (Phi) is 5.28. The summed E-state index contributed by atoms with van der Waals surface area (Å²) < 4.78 is 39.2. The number of alkyl halides is 2. The number of fused-ring (bicyclic) bond motifs is 1. The molecule has 0 bridgehead atoms. The maximum absolute atomic E-state index is 12.4. The Hall–Kier alpha value is -2.89. The molecule has 0 fully saturated rings. The van der Waals surface area contributed by atoms with Crippen molar-refractivity contribution in [3.63, 3.8) is 0 Å². The summed E-state index contributed by atoms with van der Waals surface area (Å²) in [7, 11) is 1.65. The number of methoxy groups -OCH3 is 1. The van der Waals surface area contributed by atoms with Crippen molar-refractivity contribution < 1.29 is 22.8 Å². The van der Waals surface area contributed by atoms with Crippen LogP contribution in [0.5, 0.6) is 11.5 Å². The summed E-state index contributed by atoms with van der Waals surface area (Å²) in [6, 6.07) is 14.8. The maximum atomic E-state index is 12.4. The first-order chi connectivity index (χ1) is 13.7. The number of halogens is 2. The van der Waals surface area contributed by atoms with Crippen LogP contribution in [0, 0.1) is 0 Å². The number of ether oxygens (including phenoxy) is 2. The zero-order valence-corrected chi connectivity index (χ0v) is 15.8. The third-order valence-corrected chi connectivity index (χ3v) is 5.11. The second-order valence-corrected chi connectivity index (χ2v) is 6.87. The van der Waals surface area contributed by atoms with Gasteiger partial charge >= 0.3 is 6.61 Å². The van der Waals surface area contributed by atoms with Crippen LogP contribution in [-0.2, 0) is 13.0 Å². The van der Waals surface area contributed by atoms with Crippen LogP contribution in [0.15, 0.2) is 54.7 Å². The van der Waals surface area contributed by atoms with Gasteiger partial charge in [-0.2, -0.15) is 13.3 Å². The number of aryl methyl sites for hydroxylation is 1. The molecule has 0 saturated carbocycles. The van der Waals surface area contributed by atoms with Crippen molar-refractivity contribution in [3.8, 4) is 28.4 Å². The molecule has 2 heterocycles. The number of benzene rings is 2. The van der Waals surface area contributed by atoms with Gasteiger partial charge in [-0.3, -0.25) is 0 Å². The molecule has 4 rings (SSSR count). The van der Waals surface area contributed by atoms with Crippen molar-refractivity contribution in [2.24, 2.45) is 0 Å². The molecule has 0 N–H and O–H groups in total. The quantitative estimate of drug-likeness (QED) is 0.592. The molecule has 0 atom stereocenters. The maximum Gasteiger partial charge on any atom is 0.387 e. The Bertz CT molecular complexity index is 934. The van der Waals surface area contributed by atoms with E-state index in [9.17, 15) is 8.78 Å². The van der Waals surface area contributed by atoms with Crippen LogP contribution in [0.4, 0.5) is 8.78 Å². The lowest BCUT2D eigenvalue weighted by Gasteiger charge is -2.08. The van der Waals surface area contributed by atoms with Crippen LogP contribution < -0.4 is 14.0 Å². The fraction of sp³-hybridized carbons (Fsp3) is 0.318. The van der Waals surface area contributed by atoms with E-state index in [-0.39, 0.29) is 5.75 Å². The highest BCUT2D eigenvalue weighted by molar-refractivity contribution is 5.62. The van der Waals surface area contributed by atoms with E-state index < -0.39 is 6.61 Å². The number of aromatic nitrogens is 2. The number of hydrogen-bond acceptors (Lipinski definition) is 2. The molecule has 0 aliphatic carbocycles. The number of nitrogens with zero attached hydrogens (tertiary/aromatic N) is 2. The van der Waals surface area contributed by atoms with E-state index in [0.717, 1.165) is 48.5 Å². The van der Waals surface area contributed by atoms with Gasteiger partial charge in [0.25, 0.3) is 5.82 Å². The Morgan fingerprint density at radius 1 is 0.929 bits per heavy atom. The lowest BCUT2D eigenvalue weighted by Crippen LogP contribution is -2.35. The third-order valence-electron chi connectivity index (χ3n) is 5.11. The average Bonchev–Trinajstić information content (AvgIpc) is 2.90. The monoisotopic (exact) mass is 385 g/mol. The minimum Gasteiger partial charge on any atom is -0.497 e. The molecule has 0 saturated heterocycles. The Balaban J connectivity index is 1.79. The minimum atomic E-state index is -2.82. The van der Waals surface area contributed by atoms with Gasteiger partial charge in [0.2, 0.25) is 0 Å². The summed E-state index contributed by atoms with van der Waals surface area (Å²) >= 11 is 0. The largest absolute Gasteiger partial charge is 0.497 e.